The Balaban J connectivity index is 1.83. The van der Waals surface area contributed by atoms with E-state index in [0.717, 1.165) is 37.9 Å². The molecule has 0 spiro atoms. The maximum Gasteiger partial charge on any atom is 0.299 e. The molecule has 18 heavy (non-hydrogen) atoms. The van der Waals surface area contributed by atoms with Crippen LogP contribution in [0.15, 0.2) is 18.2 Å². The number of anilines is 1. The molecule has 3 rings (SSSR count). The molecule has 1 aromatic rings. The predicted molar refractivity (Wildman–Crippen MR) is 70.6 cm³/mol. The van der Waals surface area contributed by atoms with Gasteiger partial charge in [0.25, 0.3) is 10.2 Å². The van der Waals surface area contributed by atoms with Gasteiger partial charge in [0.1, 0.15) is 0 Å². The molecule has 0 saturated heterocycles. The number of hydrogen-bond donors (Lipinski definition) is 3. The summed E-state index contributed by atoms with van der Waals surface area (Å²) in [5.74, 6) is 0. The van der Waals surface area contributed by atoms with Crippen LogP contribution >= 0.6 is 0 Å². The molecule has 5 nitrogen and oxygen atoms in total. The van der Waals surface area contributed by atoms with Crippen LogP contribution in [0.5, 0.6) is 0 Å². The van der Waals surface area contributed by atoms with Gasteiger partial charge < -0.3 is 5.32 Å². The average Bonchev–Trinajstić information content (AvgIpc) is 3.12. The van der Waals surface area contributed by atoms with Crippen LogP contribution in [-0.4, -0.2) is 21.0 Å². The zero-order chi connectivity index (χ0) is 12.6. The molecule has 0 amide bonds. The SMILES string of the molecule is O=S(=O)(Nc1cccc2c1CNCC2)NC1CC1. The van der Waals surface area contributed by atoms with E-state index in [1.165, 1.54) is 5.56 Å². The van der Waals surface area contributed by atoms with Gasteiger partial charge in [0.2, 0.25) is 0 Å². The summed E-state index contributed by atoms with van der Waals surface area (Å²) in [6.07, 6.45) is 2.83. The summed E-state index contributed by atoms with van der Waals surface area (Å²) in [5.41, 5.74) is 2.97. The summed E-state index contributed by atoms with van der Waals surface area (Å²) in [6, 6.07) is 5.90. The van der Waals surface area contributed by atoms with Crippen LogP contribution < -0.4 is 14.8 Å². The second kappa shape index (κ2) is 4.53. The van der Waals surface area contributed by atoms with Gasteiger partial charge in [-0.05, 0) is 43.0 Å². The molecule has 2 aliphatic rings. The summed E-state index contributed by atoms with van der Waals surface area (Å²) in [7, 11) is -3.43. The van der Waals surface area contributed by atoms with Crippen LogP contribution in [0.25, 0.3) is 0 Å². The normalized spacial score (nSPS) is 19.3. The summed E-state index contributed by atoms with van der Waals surface area (Å²) in [4.78, 5) is 0. The molecule has 0 atom stereocenters. The molecular formula is C12H17N3O2S. The molecule has 98 valence electrons. The van der Waals surface area contributed by atoms with Gasteiger partial charge in [-0.15, -0.1) is 0 Å². The van der Waals surface area contributed by atoms with E-state index < -0.39 is 10.2 Å². The maximum absolute atomic E-state index is 11.9. The lowest BCUT2D eigenvalue weighted by atomic mass is 10.00. The molecule has 0 radical (unpaired) electrons. The van der Waals surface area contributed by atoms with Crippen molar-refractivity contribution in [2.45, 2.75) is 31.8 Å². The lowest BCUT2D eigenvalue weighted by molar-refractivity contribution is 0.586. The van der Waals surface area contributed by atoms with Crippen LogP contribution in [0, 0.1) is 0 Å². The van der Waals surface area contributed by atoms with Crippen molar-refractivity contribution in [3.63, 3.8) is 0 Å². The average molecular weight is 267 g/mol. The molecule has 1 heterocycles. The van der Waals surface area contributed by atoms with Gasteiger partial charge in [-0.25, -0.2) is 0 Å². The first-order valence-corrected chi connectivity index (χ1v) is 7.74. The van der Waals surface area contributed by atoms with E-state index in [4.69, 9.17) is 0 Å². The minimum absolute atomic E-state index is 0.125. The highest BCUT2D eigenvalue weighted by atomic mass is 32.2. The predicted octanol–water partition coefficient (Wildman–Crippen LogP) is 0.741. The Bertz CT molecular complexity index is 552. The van der Waals surface area contributed by atoms with Crippen molar-refractivity contribution in [2.75, 3.05) is 11.3 Å². The Morgan fingerprint density at radius 1 is 1.28 bits per heavy atom. The molecule has 6 heteroatoms. The van der Waals surface area contributed by atoms with Gasteiger partial charge >= 0.3 is 0 Å². The molecule has 1 fully saturated rings. The van der Waals surface area contributed by atoms with Crippen molar-refractivity contribution >= 4 is 15.9 Å². The fourth-order valence-corrected chi connectivity index (χ4v) is 3.42. The van der Waals surface area contributed by atoms with Crippen LogP contribution in [0.2, 0.25) is 0 Å². The summed E-state index contributed by atoms with van der Waals surface area (Å²) < 4.78 is 29.1. The first-order chi connectivity index (χ1) is 8.64. The van der Waals surface area contributed by atoms with Gasteiger partial charge in [0.15, 0.2) is 0 Å². The van der Waals surface area contributed by atoms with Crippen molar-refractivity contribution < 1.29 is 8.42 Å². The van der Waals surface area contributed by atoms with E-state index in [0.29, 0.717) is 5.69 Å². The monoisotopic (exact) mass is 267 g/mol. The topological polar surface area (TPSA) is 70.2 Å². The highest BCUT2D eigenvalue weighted by molar-refractivity contribution is 7.90. The fourth-order valence-electron chi connectivity index (χ4n) is 2.20. The second-order valence-electron chi connectivity index (χ2n) is 4.87. The van der Waals surface area contributed by atoms with Crippen LogP contribution in [0.1, 0.15) is 24.0 Å². The Kier molecular flexibility index (Phi) is 3.01. The van der Waals surface area contributed by atoms with Crippen molar-refractivity contribution in [3.8, 4) is 0 Å². The zero-order valence-electron chi connectivity index (χ0n) is 10.1. The van der Waals surface area contributed by atoms with E-state index in [1.807, 2.05) is 12.1 Å². The Morgan fingerprint density at radius 3 is 2.89 bits per heavy atom. The standard InChI is InChI=1S/C12H17N3O2S/c16-18(17,14-10-4-5-10)15-12-3-1-2-9-6-7-13-8-11(9)12/h1-3,10,13-15H,4-8H2. The lowest BCUT2D eigenvalue weighted by Gasteiger charge is -2.21. The summed E-state index contributed by atoms with van der Waals surface area (Å²) >= 11 is 0. The van der Waals surface area contributed by atoms with Gasteiger partial charge in [0.05, 0.1) is 5.69 Å². The summed E-state index contributed by atoms with van der Waals surface area (Å²) in [6.45, 7) is 1.67. The second-order valence-corrected chi connectivity index (χ2v) is 6.31. The van der Waals surface area contributed by atoms with Crippen molar-refractivity contribution in [1.29, 1.82) is 0 Å². The van der Waals surface area contributed by atoms with Crippen molar-refractivity contribution in [3.05, 3.63) is 29.3 Å². The third kappa shape index (κ3) is 2.66. The lowest BCUT2D eigenvalue weighted by Crippen LogP contribution is -2.33. The Hall–Kier alpha value is -1.11. The van der Waals surface area contributed by atoms with E-state index >= 15 is 0 Å². The van der Waals surface area contributed by atoms with Gasteiger partial charge in [0, 0.05) is 12.6 Å². The molecule has 1 aliphatic heterocycles. The minimum Gasteiger partial charge on any atom is -0.312 e. The number of fused-ring (bicyclic) bond motifs is 1. The van der Waals surface area contributed by atoms with Crippen molar-refractivity contribution in [1.82, 2.24) is 10.0 Å². The first kappa shape index (κ1) is 12.0. The Morgan fingerprint density at radius 2 is 2.11 bits per heavy atom. The Labute approximate surface area is 107 Å². The van der Waals surface area contributed by atoms with E-state index in [1.54, 1.807) is 0 Å². The van der Waals surface area contributed by atoms with Gasteiger partial charge in [-0.3, -0.25) is 4.72 Å². The van der Waals surface area contributed by atoms with E-state index in [9.17, 15) is 8.42 Å². The largest absolute Gasteiger partial charge is 0.312 e. The minimum atomic E-state index is -3.43. The molecule has 0 unspecified atom stereocenters. The third-order valence-electron chi connectivity index (χ3n) is 3.29. The van der Waals surface area contributed by atoms with Crippen molar-refractivity contribution in [2.24, 2.45) is 0 Å². The molecular weight excluding hydrogens is 250 g/mol. The van der Waals surface area contributed by atoms with E-state index in [-0.39, 0.29) is 6.04 Å². The number of benzene rings is 1. The molecule has 3 N–H and O–H groups in total. The smallest absolute Gasteiger partial charge is 0.299 e. The number of nitrogens with one attached hydrogen (secondary N) is 3. The fraction of sp³-hybridized carbons (Fsp3) is 0.500. The number of rotatable bonds is 4. The highest BCUT2D eigenvalue weighted by Crippen LogP contribution is 2.25. The zero-order valence-corrected chi connectivity index (χ0v) is 10.9. The van der Waals surface area contributed by atoms with Crippen LogP contribution in [-0.2, 0) is 23.2 Å². The third-order valence-corrected chi connectivity index (χ3v) is 4.42. The molecule has 0 bridgehead atoms. The molecule has 1 aliphatic carbocycles. The quantitative estimate of drug-likeness (QED) is 0.753. The highest BCUT2D eigenvalue weighted by Gasteiger charge is 2.27. The molecule has 0 aromatic heterocycles. The molecule has 1 saturated carbocycles. The summed E-state index contributed by atoms with van der Waals surface area (Å²) in [5, 5.41) is 3.26. The first-order valence-electron chi connectivity index (χ1n) is 6.25. The van der Waals surface area contributed by atoms with Crippen LogP contribution in [0.3, 0.4) is 0 Å². The van der Waals surface area contributed by atoms with Crippen LogP contribution in [0.4, 0.5) is 5.69 Å². The van der Waals surface area contributed by atoms with E-state index in [2.05, 4.69) is 20.8 Å². The number of hydrogen-bond acceptors (Lipinski definition) is 3. The van der Waals surface area contributed by atoms with Gasteiger partial charge in [-0.2, -0.15) is 13.1 Å². The molecule has 1 aromatic carbocycles. The van der Waals surface area contributed by atoms with Gasteiger partial charge in [-0.1, -0.05) is 12.1 Å². The maximum atomic E-state index is 11.9.